The molecule has 0 atom stereocenters. The van der Waals surface area contributed by atoms with Crippen LogP contribution in [0.2, 0.25) is 0 Å². The van der Waals surface area contributed by atoms with Gasteiger partial charge < -0.3 is 14.8 Å². The normalized spacial score (nSPS) is 10.9. The summed E-state index contributed by atoms with van der Waals surface area (Å²) in [6.07, 6.45) is 1.39. The van der Waals surface area contributed by atoms with E-state index in [4.69, 9.17) is 4.74 Å². The third kappa shape index (κ3) is 4.39. The fourth-order valence-electron chi connectivity index (χ4n) is 2.68. The average molecular weight is 406 g/mol. The molecule has 0 saturated carbocycles. The summed E-state index contributed by atoms with van der Waals surface area (Å²) in [6.45, 7) is -1.06. The molecule has 0 fully saturated rings. The molecule has 0 radical (unpaired) electrons. The molecule has 0 saturated heterocycles. The van der Waals surface area contributed by atoms with Gasteiger partial charge in [0, 0.05) is 12.7 Å². The second-order valence-electron chi connectivity index (χ2n) is 5.75. The van der Waals surface area contributed by atoms with Gasteiger partial charge in [0.25, 0.3) is 0 Å². The first kappa shape index (κ1) is 20.0. The van der Waals surface area contributed by atoms with Crippen LogP contribution >= 0.6 is 0 Å². The standard InChI is InChI=1S/C18H16F2N4O5/c1-2-28-13-9-11(6-7-12(13)29-18(19)20)10-21-16-15(24(26)27)17(25)23-8-4-3-5-14(23)22-16/h3-9,18,21H,2,10H2,1H3. The average Bonchev–Trinajstić information content (AvgIpc) is 2.67. The van der Waals surface area contributed by atoms with Gasteiger partial charge in [-0.1, -0.05) is 12.1 Å². The van der Waals surface area contributed by atoms with Crippen molar-refractivity contribution in [3.05, 3.63) is 68.6 Å². The number of alkyl halides is 2. The van der Waals surface area contributed by atoms with Gasteiger partial charge in [-0.3, -0.25) is 19.3 Å². The van der Waals surface area contributed by atoms with E-state index >= 15 is 0 Å². The van der Waals surface area contributed by atoms with Crippen LogP contribution < -0.4 is 20.3 Å². The summed E-state index contributed by atoms with van der Waals surface area (Å²) in [5.74, 6) is -0.219. The van der Waals surface area contributed by atoms with Crippen LogP contribution in [0.5, 0.6) is 11.5 Å². The van der Waals surface area contributed by atoms with E-state index in [-0.39, 0.29) is 36.1 Å². The van der Waals surface area contributed by atoms with Gasteiger partial charge in [-0.05, 0) is 36.8 Å². The van der Waals surface area contributed by atoms with Gasteiger partial charge in [-0.2, -0.15) is 8.78 Å². The number of fused-ring (bicyclic) bond motifs is 1. The van der Waals surface area contributed by atoms with Gasteiger partial charge in [0.2, 0.25) is 5.82 Å². The Labute approximate surface area is 162 Å². The number of anilines is 1. The molecule has 2 heterocycles. The first-order valence-electron chi connectivity index (χ1n) is 8.51. The molecule has 29 heavy (non-hydrogen) atoms. The summed E-state index contributed by atoms with van der Waals surface area (Å²) < 4.78 is 35.8. The number of hydrogen-bond donors (Lipinski definition) is 1. The summed E-state index contributed by atoms with van der Waals surface area (Å²) in [5, 5.41) is 14.2. The number of hydrogen-bond acceptors (Lipinski definition) is 7. The van der Waals surface area contributed by atoms with Gasteiger partial charge in [-0.25, -0.2) is 4.98 Å². The van der Waals surface area contributed by atoms with Gasteiger partial charge in [0.15, 0.2) is 11.5 Å². The van der Waals surface area contributed by atoms with Crippen molar-refractivity contribution in [3.63, 3.8) is 0 Å². The molecule has 11 heteroatoms. The number of ether oxygens (including phenoxy) is 2. The molecule has 1 aromatic carbocycles. The quantitative estimate of drug-likeness (QED) is 0.452. The van der Waals surface area contributed by atoms with Crippen LogP contribution in [-0.4, -0.2) is 27.5 Å². The molecular weight excluding hydrogens is 390 g/mol. The van der Waals surface area contributed by atoms with E-state index in [0.717, 1.165) is 4.40 Å². The van der Waals surface area contributed by atoms with Gasteiger partial charge in [0.1, 0.15) is 5.65 Å². The minimum absolute atomic E-state index is 0.0331. The van der Waals surface area contributed by atoms with Crippen LogP contribution in [0.1, 0.15) is 12.5 Å². The molecule has 1 N–H and O–H groups in total. The predicted molar refractivity (Wildman–Crippen MR) is 99.7 cm³/mol. The molecule has 3 aromatic rings. The topological polar surface area (TPSA) is 108 Å². The van der Waals surface area contributed by atoms with Crippen LogP contribution in [0.25, 0.3) is 5.65 Å². The monoisotopic (exact) mass is 406 g/mol. The molecular formula is C18H16F2N4O5. The number of halogens is 2. The number of nitrogens with zero attached hydrogens (tertiary/aromatic N) is 3. The van der Waals surface area contributed by atoms with E-state index in [1.54, 1.807) is 25.1 Å². The molecule has 0 amide bonds. The number of nitro groups is 1. The number of pyridine rings is 1. The summed E-state index contributed by atoms with van der Waals surface area (Å²) in [6, 6.07) is 9.02. The Morgan fingerprint density at radius 1 is 1.28 bits per heavy atom. The Morgan fingerprint density at radius 2 is 2.07 bits per heavy atom. The summed E-state index contributed by atoms with van der Waals surface area (Å²) in [7, 11) is 0. The van der Waals surface area contributed by atoms with E-state index in [0.29, 0.717) is 5.56 Å². The molecule has 2 aromatic heterocycles. The number of rotatable bonds is 8. The third-order valence-corrected chi connectivity index (χ3v) is 3.88. The molecule has 0 aliphatic rings. The molecule has 0 aliphatic heterocycles. The van der Waals surface area contributed by atoms with Gasteiger partial charge in [-0.15, -0.1) is 0 Å². The zero-order valence-corrected chi connectivity index (χ0v) is 15.2. The molecule has 9 nitrogen and oxygen atoms in total. The van der Waals surface area contributed by atoms with Gasteiger partial charge in [0.05, 0.1) is 11.5 Å². The minimum Gasteiger partial charge on any atom is -0.490 e. The Balaban J connectivity index is 1.92. The fourth-order valence-corrected chi connectivity index (χ4v) is 2.68. The lowest BCUT2D eigenvalue weighted by molar-refractivity contribution is -0.385. The van der Waals surface area contributed by atoms with Gasteiger partial charge >= 0.3 is 17.9 Å². The van der Waals surface area contributed by atoms with E-state index in [1.165, 1.54) is 24.4 Å². The molecule has 3 rings (SSSR count). The maximum atomic E-state index is 12.5. The third-order valence-electron chi connectivity index (χ3n) is 3.88. The maximum Gasteiger partial charge on any atom is 0.387 e. The molecule has 0 bridgehead atoms. The van der Waals surface area contributed by atoms with E-state index in [2.05, 4.69) is 15.0 Å². The minimum atomic E-state index is -3.00. The molecule has 0 unspecified atom stereocenters. The highest BCUT2D eigenvalue weighted by Gasteiger charge is 2.23. The predicted octanol–water partition coefficient (Wildman–Crippen LogP) is 3.21. The van der Waals surface area contributed by atoms with E-state index < -0.39 is 22.8 Å². The highest BCUT2D eigenvalue weighted by atomic mass is 19.3. The summed E-state index contributed by atoms with van der Waals surface area (Å²) >= 11 is 0. The van der Waals surface area contributed by atoms with Crippen LogP contribution in [0.4, 0.5) is 20.3 Å². The Kier molecular flexibility index (Phi) is 5.86. The highest BCUT2D eigenvalue weighted by molar-refractivity contribution is 5.60. The van der Waals surface area contributed by atoms with Crippen molar-refractivity contribution in [2.45, 2.75) is 20.1 Å². The zero-order valence-electron chi connectivity index (χ0n) is 15.2. The molecule has 152 valence electrons. The molecule has 0 spiro atoms. The summed E-state index contributed by atoms with van der Waals surface area (Å²) in [5.41, 5.74) is -0.726. The lowest BCUT2D eigenvalue weighted by Gasteiger charge is -2.13. The van der Waals surface area contributed by atoms with E-state index in [1.807, 2.05) is 0 Å². The van der Waals surface area contributed by atoms with Crippen molar-refractivity contribution in [1.82, 2.24) is 9.38 Å². The van der Waals surface area contributed by atoms with Crippen molar-refractivity contribution in [2.24, 2.45) is 0 Å². The number of nitrogens with one attached hydrogen (secondary N) is 1. The Hall–Kier alpha value is -3.76. The van der Waals surface area contributed by atoms with Crippen LogP contribution in [-0.2, 0) is 6.54 Å². The summed E-state index contributed by atoms with van der Waals surface area (Å²) in [4.78, 5) is 27.2. The SMILES string of the molecule is CCOc1cc(CNc2nc3ccccn3c(=O)c2[N+](=O)[O-])ccc1OC(F)F. The second kappa shape index (κ2) is 8.50. The van der Waals surface area contributed by atoms with E-state index in [9.17, 15) is 23.7 Å². The van der Waals surface area contributed by atoms with Crippen LogP contribution in [0, 0.1) is 10.1 Å². The van der Waals surface area contributed by atoms with Crippen molar-refractivity contribution < 1.29 is 23.2 Å². The Morgan fingerprint density at radius 3 is 2.76 bits per heavy atom. The smallest absolute Gasteiger partial charge is 0.387 e. The number of aromatic nitrogens is 2. The largest absolute Gasteiger partial charge is 0.490 e. The van der Waals surface area contributed by atoms with Crippen molar-refractivity contribution >= 4 is 17.2 Å². The van der Waals surface area contributed by atoms with Crippen molar-refractivity contribution in [1.29, 1.82) is 0 Å². The lowest BCUT2D eigenvalue weighted by atomic mass is 10.2. The highest BCUT2D eigenvalue weighted by Crippen LogP contribution is 2.30. The Bertz CT molecular complexity index is 1100. The zero-order chi connectivity index (χ0) is 21.0. The fraction of sp³-hybridized carbons (Fsp3) is 0.222. The first-order valence-corrected chi connectivity index (χ1v) is 8.51. The van der Waals surface area contributed by atoms with Crippen LogP contribution in [0.15, 0.2) is 47.4 Å². The van der Waals surface area contributed by atoms with Crippen molar-refractivity contribution in [3.8, 4) is 11.5 Å². The first-order chi connectivity index (χ1) is 13.9. The van der Waals surface area contributed by atoms with Crippen molar-refractivity contribution in [2.75, 3.05) is 11.9 Å². The maximum absolute atomic E-state index is 12.5. The number of benzene rings is 1. The molecule has 0 aliphatic carbocycles. The lowest BCUT2D eigenvalue weighted by Crippen LogP contribution is -2.21. The van der Waals surface area contributed by atoms with Crippen LogP contribution in [0.3, 0.4) is 0 Å². The second-order valence-corrected chi connectivity index (χ2v) is 5.75.